The molecule has 146 valence electrons. The molecule has 1 aromatic carbocycles. The average molecular weight is 390 g/mol. The van der Waals surface area contributed by atoms with Crippen molar-refractivity contribution in [3.63, 3.8) is 0 Å². The molecule has 0 bridgehead atoms. The van der Waals surface area contributed by atoms with Crippen LogP contribution in [0.2, 0.25) is 0 Å². The van der Waals surface area contributed by atoms with Gasteiger partial charge in [-0.1, -0.05) is 23.5 Å². The Morgan fingerprint density at radius 1 is 1.15 bits per heavy atom. The number of aromatic nitrogens is 1. The number of anilines is 1. The first-order valence-electron chi connectivity index (χ1n) is 9.25. The molecule has 0 atom stereocenters. The van der Waals surface area contributed by atoms with E-state index >= 15 is 0 Å². The normalized spacial score (nSPS) is 16.2. The summed E-state index contributed by atoms with van der Waals surface area (Å²) >= 11 is 1.48. The van der Waals surface area contributed by atoms with E-state index in [1.165, 1.54) is 11.3 Å². The molecule has 0 spiro atoms. The van der Waals surface area contributed by atoms with Crippen molar-refractivity contribution in [1.82, 2.24) is 20.1 Å². The van der Waals surface area contributed by atoms with Crippen molar-refractivity contribution in [2.75, 3.05) is 38.0 Å². The van der Waals surface area contributed by atoms with Gasteiger partial charge in [0.05, 0.1) is 16.8 Å². The third kappa shape index (κ3) is 5.64. The van der Waals surface area contributed by atoms with Crippen LogP contribution in [0.25, 0.3) is 10.2 Å². The van der Waals surface area contributed by atoms with Crippen molar-refractivity contribution in [1.29, 1.82) is 0 Å². The SMILES string of the molecule is CC(C)(C)NC(=O)CN1CCCN(C(=O)Nc2nc3ccccc3s2)CC1. The van der Waals surface area contributed by atoms with Gasteiger partial charge < -0.3 is 10.2 Å². The molecule has 0 unspecified atom stereocenters. The van der Waals surface area contributed by atoms with Crippen LogP contribution >= 0.6 is 11.3 Å². The van der Waals surface area contributed by atoms with Gasteiger partial charge in [-0.2, -0.15) is 0 Å². The standard InChI is InChI=1S/C19H27N5O2S/c1-19(2,3)22-16(25)13-23-9-6-10-24(12-11-23)18(26)21-17-20-14-7-4-5-8-15(14)27-17/h4-5,7-8H,6,9-13H2,1-3H3,(H,22,25)(H,20,21,26). The zero-order valence-electron chi connectivity index (χ0n) is 16.1. The smallest absolute Gasteiger partial charge is 0.323 e. The number of hydrogen-bond donors (Lipinski definition) is 2. The monoisotopic (exact) mass is 389 g/mol. The minimum Gasteiger partial charge on any atom is -0.350 e. The van der Waals surface area contributed by atoms with E-state index < -0.39 is 0 Å². The number of nitrogens with one attached hydrogen (secondary N) is 2. The van der Waals surface area contributed by atoms with Gasteiger partial charge in [-0.05, 0) is 39.3 Å². The van der Waals surface area contributed by atoms with Crippen molar-refractivity contribution < 1.29 is 9.59 Å². The molecular formula is C19H27N5O2S. The highest BCUT2D eigenvalue weighted by Crippen LogP contribution is 2.25. The maximum Gasteiger partial charge on any atom is 0.323 e. The lowest BCUT2D eigenvalue weighted by Gasteiger charge is -2.25. The zero-order chi connectivity index (χ0) is 19.4. The predicted octanol–water partition coefficient (Wildman–Crippen LogP) is 2.75. The summed E-state index contributed by atoms with van der Waals surface area (Å²) in [6.45, 7) is 9.05. The van der Waals surface area contributed by atoms with Crippen molar-refractivity contribution >= 4 is 38.6 Å². The fourth-order valence-corrected chi connectivity index (χ4v) is 3.94. The Morgan fingerprint density at radius 2 is 1.93 bits per heavy atom. The van der Waals surface area contributed by atoms with Crippen molar-refractivity contribution in [2.45, 2.75) is 32.7 Å². The summed E-state index contributed by atoms with van der Waals surface area (Å²) in [5, 5.41) is 6.52. The van der Waals surface area contributed by atoms with Gasteiger partial charge in [-0.15, -0.1) is 0 Å². The Hall–Kier alpha value is -2.19. The first-order chi connectivity index (χ1) is 12.8. The van der Waals surface area contributed by atoms with Gasteiger partial charge in [0.1, 0.15) is 0 Å². The van der Waals surface area contributed by atoms with Gasteiger partial charge in [0.25, 0.3) is 0 Å². The van der Waals surface area contributed by atoms with E-state index in [4.69, 9.17) is 0 Å². The van der Waals surface area contributed by atoms with Crippen LogP contribution in [0.5, 0.6) is 0 Å². The van der Waals surface area contributed by atoms with Crippen LogP contribution in [0.15, 0.2) is 24.3 Å². The minimum absolute atomic E-state index is 0.0230. The summed E-state index contributed by atoms with van der Waals surface area (Å²) in [6, 6.07) is 7.70. The van der Waals surface area contributed by atoms with Gasteiger partial charge in [0.15, 0.2) is 5.13 Å². The minimum atomic E-state index is -0.230. The number of carbonyl (C=O) groups is 2. The largest absolute Gasteiger partial charge is 0.350 e. The number of carbonyl (C=O) groups excluding carboxylic acids is 2. The fourth-order valence-electron chi connectivity index (χ4n) is 3.09. The highest BCUT2D eigenvalue weighted by molar-refractivity contribution is 7.22. The maximum atomic E-state index is 12.6. The molecule has 27 heavy (non-hydrogen) atoms. The van der Waals surface area contributed by atoms with Crippen LogP contribution in [0.4, 0.5) is 9.93 Å². The van der Waals surface area contributed by atoms with Crippen molar-refractivity contribution in [2.24, 2.45) is 0 Å². The second kappa shape index (κ2) is 8.22. The molecule has 1 saturated heterocycles. The van der Waals surface area contributed by atoms with Crippen molar-refractivity contribution in [3.8, 4) is 0 Å². The van der Waals surface area contributed by atoms with Crippen LogP contribution in [0.1, 0.15) is 27.2 Å². The third-order valence-corrected chi connectivity index (χ3v) is 5.22. The molecule has 3 rings (SSSR count). The van der Waals surface area contributed by atoms with Crippen molar-refractivity contribution in [3.05, 3.63) is 24.3 Å². The number of amides is 3. The summed E-state index contributed by atoms with van der Waals surface area (Å²) < 4.78 is 1.06. The Labute approximate surface area is 163 Å². The molecule has 0 radical (unpaired) electrons. The summed E-state index contributed by atoms with van der Waals surface area (Å²) in [5.74, 6) is 0.0230. The van der Waals surface area contributed by atoms with Gasteiger partial charge in [0.2, 0.25) is 5.91 Å². The number of fused-ring (bicyclic) bond motifs is 1. The molecule has 2 heterocycles. The summed E-state index contributed by atoms with van der Waals surface area (Å²) in [5.41, 5.74) is 0.663. The molecule has 1 aromatic heterocycles. The van der Waals surface area contributed by atoms with Gasteiger partial charge in [-0.3, -0.25) is 15.0 Å². The summed E-state index contributed by atoms with van der Waals surface area (Å²) in [6.07, 6.45) is 0.843. The van der Waals surface area contributed by atoms with Crippen LogP contribution < -0.4 is 10.6 Å². The van der Waals surface area contributed by atoms with E-state index in [1.807, 2.05) is 45.0 Å². The number of para-hydroxylation sites is 1. The molecule has 2 aromatic rings. The molecule has 1 fully saturated rings. The first kappa shape index (κ1) is 19.6. The van der Waals surface area contributed by atoms with Crippen LogP contribution in [0.3, 0.4) is 0 Å². The van der Waals surface area contributed by atoms with E-state index in [-0.39, 0.29) is 17.5 Å². The molecule has 1 aliphatic rings. The van der Waals surface area contributed by atoms with Gasteiger partial charge in [0, 0.05) is 31.7 Å². The number of benzene rings is 1. The lowest BCUT2D eigenvalue weighted by molar-refractivity contribution is -0.123. The summed E-state index contributed by atoms with van der Waals surface area (Å²) in [4.78, 5) is 33.1. The second-order valence-corrected chi connectivity index (χ2v) is 8.86. The molecule has 0 aliphatic carbocycles. The highest BCUT2D eigenvalue weighted by Gasteiger charge is 2.22. The number of thiazole rings is 1. The molecule has 1 aliphatic heterocycles. The summed E-state index contributed by atoms with van der Waals surface area (Å²) in [7, 11) is 0. The molecule has 7 nitrogen and oxygen atoms in total. The highest BCUT2D eigenvalue weighted by atomic mass is 32.1. The predicted molar refractivity (Wildman–Crippen MR) is 109 cm³/mol. The molecule has 0 saturated carbocycles. The fraction of sp³-hybridized carbons (Fsp3) is 0.526. The topological polar surface area (TPSA) is 77.6 Å². The quantitative estimate of drug-likeness (QED) is 0.846. The Kier molecular flexibility index (Phi) is 5.96. The maximum absolute atomic E-state index is 12.6. The second-order valence-electron chi connectivity index (χ2n) is 7.83. The number of hydrogen-bond acceptors (Lipinski definition) is 5. The van der Waals surface area contributed by atoms with E-state index in [0.717, 1.165) is 23.2 Å². The molecular weight excluding hydrogens is 362 g/mol. The molecule has 2 N–H and O–H groups in total. The average Bonchev–Trinajstić information content (AvgIpc) is 2.83. The number of urea groups is 1. The van der Waals surface area contributed by atoms with E-state index in [9.17, 15) is 9.59 Å². The Balaban J connectivity index is 1.52. The zero-order valence-corrected chi connectivity index (χ0v) is 16.9. The van der Waals surface area contributed by atoms with E-state index in [0.29, 0.717) is 31.3 Å². The third-order valence-electron chi connectivity index (χ3n) is 4.27. The van der Waals surface area contributed by atoms with Crippen LogP contribution in [-0.2, 0) is 4.79 Å². The first-order valence-corrected chi connectivity index (χ1v) is 10.1. The van der Waals surface area contributed by atoms with E-state index in [2.05, 4.69) is 20.5 Å². The van der Waals surface area contributed by atoms with Gasteiger partial charge >= 0.3 is 6.03 Å². The number of nitrogens with zero attached hydrogens (tertiary/aromatic N) is 3. The molecule has 8 heteroatoms. The number of rotatable bonds is 3. The Bertz CT molecular complexity index is 781. The van der Waals surface area contributed by atoms with E-state index in [1.54, 1.807) is 4.90 Å². The van der Waals surface area contributed by atoms with Gasteiger partial charge in [-0.25, -0.2) is 9.78 Å². The Morgan fingerprint density at radius 3 is 2.67 bits per heavy atom. The lowest BCUT2D eigenvalue weighted by Crippen LogP contribution is -2.46. The van der Waals surface area contributed by atoms with Crippen LogP contribution in [-0.4, -0.2) is 65.0 Å². The molecule has 3 amide bonds. The lowest BCUT2D eigenvalue weighted by atomic mass is 10.1. The van der Waals surface area contributed by atoms with Crippen LogP contribution in [0, 0.1) is 0 Å².